The number of rotatable bonds is 2. The van der Waals surface area contributed by atoms with Gasteiger partial charge in [-0.25, -0.2) is 8.78 Å². The highest BCUT2D eigenvalue weighted by Crippen LogP contribution is 2.34. The molecule has 0 aromatic heterocycles. The van der Waals surface area contributed by atoms with Crippen molar-refractivity contribution in [1.29, 1.82) is 0 Å². The molecule has 1 heterocycles. The third-order valence-corrected chi connectivity index (χ3v) is 3.62. The van der Waals surface area contributed by atoms with Gasteiger partial charge in [0, 0.05) is 13.1 Å². The summed E-state index contributed by atoms with van der Waals surface area (Å²) in [7, 11) is 0. The number of halogens is 2. The zero-order valence-electron chi connectivity index (χ0n) is 10.9. The zero-order valence-corrected chi connectivity index (χ0v) is 10.9. The molecule has 0 saturated carbocycles. The maximum atomic E-state index is 13.1. The first-order valence-corrected chi connectivity index (χ1v) is 6.57. The molecule has 0 radical (unpaired) electrons. The predicted molar refractivity (Wildman–Crippen MR) is 72.4 cm³/mol. The summed E-state index contributed by atoms with van der Waals surface area (Å²) in [6.45, 7) is 1.89. The van der Waals surface area contributed by atoms with Gasteiger partial charge in [0.2, 0.25) is 0 Å². The summed E-state index contributed by atoms with van der Waals surface area (Å²) in [5.41, 5.74) is 1.02. The number of hydrogen-bond donors (Lipinski definition) is 1. The van der Waals surface area contributed by atoms with E-state index in [-0.39, 0.29) is 11.6 Å². The summed E-state index contributed by atoms with van der Waals surface area (Å²) in [5.74, 6) is -0.571. The van der Waals surface area contributed by atoms with E-state index in [4.69, 9.17) is 4.74 Å². The van der Waals surface area contributed by atoms with Crippen LogP contribution >= 0.6 is 0 Å². The SMILES string of the molecule is Fc1ccc(C2(c3ccc(F)cc3)CNCCO2)cc1. The molecular weight excluding hydrogens is 260 g/mol. The van der Waals surface area contributed by atoms with Crippen LogP contribution in [0.1, 0.15) is 11.1 Å². The Kier molecular flexibility index (Phi) is 3.51. The lowest BCUT2D eigenvalue weighted by molar-refractivity contribution is -0.0404. The van der Waals surface area contributed by atoms with Gasteiger partial charge in [-0.2, -0.15) is 0 Å². The Morgan fingerprint density at radius 3 is 1.75 bits per heavy atom. The molecule has 4 heteroatoms. The molecular formula is C16H15F2NO. The quantitative estimate of drug-likeness (QED) is 0.910. The average molecular weight is 275 g/mol. The van der Waals surface area contributed by atoms with Crippen LogP contribution in [0.25, 0.3) is 0 Å². The van der Waals surface area contributed by atoms with Crippen LogP contribution in [-0.2, 0) is 10.3 Å². The molecule has 1 N–H and O–H groups in total. The van der Waals surface area contributed by atoms with Gasteiger partial charge >= 0.3 is 0 Å². The minimum Gasteiger partial charge on any atom is -0.363 e. The molecule has 3 rings (SSSR count). The molecule has 1 aliphatic heterocycles. The summed E-state index contributed by atoms with van der Waals surface area (Å²) in [5, 5.41) is 3.29. The van der Waals surface area contributed by atoms with Crippen molar-refractivity contribution in [1.82, 2.24) is 5.32 Å². The van der Waals surface area contributed by atoms with Crippen LogP contribution in [-0.4, -0.2) is 19.7 Å². The van der Waals surface area contributed by atoms with Gasteiger partial charge in [0.25, 0.3) is 0 Å². The van der Waals surface area contributed by atoms with E-state index in [0.29, 0.717) is 13.2 Å². The normalized spacial score (nSPS) is 17.9. The Morgan fingerprint density at radius 1 is 0.850 bits per heavy atom. The molecule has 2 nitrogen and oxygen atoms in total. The maximum absolute atomic E-state index is 13.1. The lowest BCUT2D eigenvalue weighted by Crippen LogP contribution is -2.48. The summed E-state index contributed by atoms with van der Waals surface area (Å²) in [6, 6.07) is 12.5. The molecule has 2 aromatic rings. The van der Waals surface area contributed by atoms with Crippen molar-refractivity contribution < 1.29 is 13.5 Å². The lowest BCUT2D eigenvalue weighted by atomic mass is 9.85. The molecule has 0 aliphatic carbocycles. The van der Waals surface area contributed by atoms with E-state index in [9.17, 15) is 8.78 Å². The molecule has 1 fully saturated rings. The van der Waals surface area contributed by atoms with Crippen molar-refractivity contribution >= 4 is 0 Å². The third kappa shape index (κ3) is 2.32. The van der Waals surface area contributed by atoms with Crippen molar-refractivity contribution in [2.75, 3.05) is 19.7 Å². The van der Waals surface area contributed by atoms with E-state index in [1.165, 1.54) is 24.3 Å². The Morgan fingerprint density at radius 2 is 1.35 bits per heavy atom. The van der Waals surface area contributed by atoms with Crippen molar-refractivity contribution in [3.05, 3.63) is 71.3 Å². The summed E-state index contributed by atoms with van der Waals surface area (Å²) in [4.78, 5) is 0. The molecule has 20 heavy (non-hydrogen) atoms. The molecule has 0 bridgehead atoms. The Balaban J connectivity index is 2.08. The molecule has 2 aromatic carbocycles. The van der Waals surface area contributed by atoms with Crippen LogP contribution in [0.15, 0.2) is 48.5 Å². The predicted octanol–water partition coefficient (Wildman–Crippen LogP) is 2.83. The highest BCUT2D eigenvalue weighted by atomic mass is 19.1. The van der Waals surface area contributed by atoms with E-state index in [2.05, 4.69) is 5.32 Å². The molecule has 1 aliphatic rings. The number of benzene rings is 2. The van der Waals surface area contributed by atoms with Crippen LogP contribution in [0.4, 0.5) is 8.78 Å². The maximum Gasteiger partial charge on any atom is 0.130 e. The van der Waals surface area contributed by atoms with Gasteiger partial charge < -0.3 is 10.1 Å². The van der Waals surface area contributed by atoms with Crippen LogP contribution in [0, 0.1) is 11.6 Å². The third-order valence-electron chi connectivity index (χ3n) is 3.62. The van der Waals surface area contributed by atoms with E-state index in [1.54, 1.807) is 24.3 Å². The molecule has 0 amide bonds. The first-order chi connectivity index (χ1) is 9.71. The van der Waals surface area contributed by atoms with Gasteiger partial charge in [-0.15, -0.1) is 0 Å². The van der Waals surface area contributed by atoms with Crippen molar-refractivity contribution in [3.8, 4) is 0 Å². The van der Waals surface area contributed by atoms with Gasteiger partial charge in [0.15, 0.2) is 0 Å². The minimum atomic E-state index is -0.695. The van der Waals surface area contributed by atoms with Gasteiger partial charge in [0.1, 0.15) is 17.2 Å². The first kappa shape index (κ1) is 13.2. The second kappa shape index (κ2) is 5.31. The minimum absolute atomic E-state index is 0.285. The second-order valence-electron chi connectivity index (χ2n) is 4.87. The van der Waals surface area contributed by atoms with Gasteiger partial charge in [-0.05, 0) is 35.4 Å². The van der Waals surface area contributed by atoms with E-state index in [0.717, 1.165) is 17.7 Å². The highest BCUT2D eigenvalue weighted by molar-refractivity contribution is 5.37. The van der Waals surface area contributed by atoms with E-state index < -0.39 is 5.60 Å². The van der Waals surface area contributed by atoms with Gasteiger partial charge in [-0.3, -0.25) is 0 Å². The van der Waals surface area contributed by atoms with Crippen LogP contribution < -0.4 is 5.32 Å². The number of ether oxygens (including phenoxy) is 1. The van der Waals surface area contributed by atoms with Crippen molar-refractivity contribution in [3.63, 3.8) is 0 Å². The van der Waals surface area contributed by atoms with E-state index >= 15 is 0 Å². The van der Waals surface area contributed by atoms with Crippen LogP contribution in [0.2, 0.25) is 0 Å². The average Bonchev–Trinajstić information content (AvgIpc) is 2.49. The van der Waals surface area contributed by atoms with Crippen molar-refractivity contribution in [2.45, 2.75) is 5.60 Å². The molecule has 1 saturated heterocycles. The number of nitrogens with one attached hydrogen (secondary N) is 1. The smallest absolute Gasteiger partial charge is 0.130 e. The fourth-order valence-corrected chi connectivity index (χ4v) is 2.59. The van der Waals surface area contributed by atoms with Gasteiger partial charge in [0.05, 0.1) is 6.61 Å². The first-order valence-electron chi connectivity index (χ1n) is 6.57. The molecule has 0 unspecified atom stereocenters. The number of morpholine rings is 1. The summed E-state index contributed by atoms with van der Waals surface area (Å²) in [6.07, 6.45) is 0. The monoisotopic (exact) mass is 275 g/mol. The fraction of sp³-hybridized carbons (Fsp3) is 0.250. The Bertz CT molecular complexity index is 527. The molecule has 0 atom stereocenters. The zero-order chi connectivity index (χ0) is 14.0. The largest absolute Gasteiger partial charge is 0.363 e. The molecule has 0 spiro atoms. The lowest BCUT2D eigenvalue weighted by Gasteiger charge is -2.38. The fourth-order valence-electron chi connectivity index (χ4n) is 2.59. The van der Waals surface area contributed by atoms with Crippen molar-refractivity contribution in [2.24, 2.45) is 0 Å². The second-order valence-corrected chi connectivity index (χ2v) is 4.87. The standard InChI is InChI=1S/C16H15F2NO/c17-14-5-1-12(2-6-14)16(11-19-9-10-20-16)13-3-7-15(18)8-4-13/h1-8,19H,9-11H2. The Hall–Kier alpha value is -1.78. The van der Waals surface area contributed by atoms with E-state index in [1.807, 2.05) is 0 Å². The topological polar surface area (TPSA) is 21.3 Å². The van der Waals surface area contributed by atoms with Crippen LogP contribution in [0.3, 0.4) is 0 Å². The Labute approximate surface area is 116 Å². The summed E-state index contributed by atoms with van der Waals surface area (Å²) >= 11 is 0. The van der Waals surface area contributed by atoms with Gasteiger partial charge in [-0.1, -0.05) is 24.3 Å². The summed E-state index contributed by atoms with van der Waals surface area (Å²) < 4.78 is 32.3. The highest BCUT2D eigenvalue weighted by Gasteiger charge is 2.37. The molecule has 104 valence electrons. The van der Waals surface area contributed by atoms with Crippen LogP contribution in [0.5, 0.6) is 0 Å². The number of hydrogen-bond acceptors (Lipinski definition) is 2.